The highest BCUT2D eigenvalue weighted by Gasteiger charge is 2.44. The zero-order valence-electron chi connectivity index (χ0n) is 15.9. The molecule has 2 amide bonds. The van der Waals surface area contributed by atoms with E-state index >= 15 is 0 Å². The van der Waals surface area contributed by atoms with Crippen LogP contribution in [0.15, 0.2) is 53.4 Å². The van der Waals surface area contributed by atoms with Gasteiger partial charge in [-0.3, -0.25) is 14.5 Å². The van der Waals surface area contributed by atoms with Gasteiger partial charge >= 0.3 is 0 Å². The van der Waals surface area contributed by atoms with Crippen molar-refractivity contribution >= 4 is 27.5 Å². The molecule has 4 rings (SSSR count). The molecule has 2 aliphatic heterocycles. The Morgan fingerprint density at radius 1 is 0.900 bits per heavy atom. The van der Waals surface area contributed by atoms with Crippen LogP contribution in [0.4, 0.5) is 14.5 Å². The van der Waals surface area contributed by atoms with Crippen LogP contribution in [0.3, 0.4) is 0 Å². The number of piperazine rings is 1. The number of carbonyl (C=O) groups excluding carboxylic acids is 2. The van der Waals surface area contributed by atoms with E-state index in [9.17, 15) is 26.8 Å². The van der Waals surface area contributed by atoms with Crippen molar-refractivity contribution in [3.8, 4) is 0 Å². The fraction of sp³-hybridized carbons (Fsp3) is 0.300. The molecule has 30 heavy (non-hydrogen) atoms. The maximum Gasteiger partial charge on any atom is 0.251 e. The van der Waals surface area contributed by atoms with E-state index in [0.29, 0.717) is 6.07 Å². The van der Waals surface area contributed by atoms with Gasteiger partial charge in [0.25, 0.3) is 5.91 Å². The predicted octanol–water partition coefficient (Wildman–Crippen LogP) is 1.60. The molecule has 7 nitrogen and oxygen atoms in total. The van der Waals surface area contributed by atoms with Crippen molar-refractivity contribution in [2.45, 2.75) is 17.4 Å². The Bertz CT molecular complexity index is 1090. The smallest absolute Gasteiger partial charge is 0.251 e. The molecule has 2 fully saturated rings. The van der Waals surface area contributed by atoms with E-state index in [1.165, 1.54) is 16.4 Å². The highest BCUT2D eigenvalue weighted by Crippen LogP contribution is 2.29. The molecule has 0 unspecified atom stereocenters. The van der Waals surface area contributed by atoms with Gasteiger partial charge in [0, 0.05) is 32.2 Å². The quantitative estimate of drug-likeness (QED) is 0.682. The average molecular weight is 435 g/mol. The number of hydrogen-bond acceptors (Lipinski definition) is 5. The summed E-state index contributed by atoms with van der Waals surface area (Å²) in [4.78, 5) is 27.9. The first-order valence-electron chi connectivity index (χ1n) is 9.40. The molecule has 2 aromatic carbocycles. The number of rotatable bonds is 4. The zero-order valence-corrected chi connectivity index (χ0v) is 16.7. The van der Waals surface area contributed by atoms with Crippen LogP contribution in [0.25, 0.3) is 0 Å². The number of hydrogen-bond donors (Lipinski definition) is 0. The van der Waals surface area contributed by atoms with Crippen molar-refractivity contribution in [3.05, 3.63) is 60.2 Å². The summed E-state index contributed by atoms with van der Waals surface area (Å²) in [6.07, 6.45) is -0.138. The fourth-order valence-electron chi connectivity index (χ4n) is 3.81. The minimum Gasteiger partial charge on any atom is -0.289 e. The van der Waals surface area contributed by atoms with Gasteiger partial charge in [0.15, 0.2) is 0 Å². The highest BCUT2D eigenvalue weighted by atomic mass is 32.2. The Morgan fingerprint density at radius 2 is 1.57 bits per heavy atom. The average Bonchev–Trinajstić information content (AvgIpc) is 3.03. The molecular weight excluding hydrogens is 416 g/mol. The third kappa shape index (κ3) is 3.62. The van der Waals surface area contributed by atoms with E-state index in [2.05, 4.69) is 0 Å². The molecule has 0 radical (unpaired) electrons. The van der Waals surface area contributed by atoms with Crippen molar-refractivity contribution in [3.63, 3.8) is 0 Å². The first kappa shape index (κ1) is 20.6. The van der Waals surface area contributed by atoms with E-state index in [4.69, 9.17) is 0 Å². The van der Waals surface area contributed by atoms with Crippen LogP contribution >= 0.6 is 0 Å². The summed E-state index contributed by atoms with van der Waals surface area (Å²) in [5.74, 6) is -2.96. The van der Waals surface area contributed by atoms with Gasteiger partial charge < -0.3 is 0 Å². The maximum absolute atomic E-state index is 14.1. The fourth-order valence-corrected chi connectivity index (χ4v) is 5.26. The molecule has 2 heterocycles. The third-order valence-electron chi connectivity index (χ3n) is 5.37. The molecule has 0 saturated carbocycles. The van der Waals surface area contributed by atoms with Crippen molar-refractivity contribution in [2.75, 3.05) is 31.1 Å². The summed E-state index contributed by atoms with van der Waals surface area (Å²) in [6, 6.07) is 9.94. The summed E-state index contributed by atoms with van der Waals surface area (Å²) >= 11 is 0. The second-order valence-corrected chi connectivity index (χ2v) is 9.07. The lowest BCUT2D eigenvalue weighted by molar-refractivity contribution is -0.123. The van der Waals surface area contributed by atoms with Crippen molar-refractivity contribution < 1.29 is 26.8 Å². The van der Waals surface area contributed by atoms with Crippen LogP contribution in [0.1, 0.15) is 6.42 Å². The number of anilines is 1. The second-order valence-electron chi connectivity index (χ2n) is 7.14. The molecule has 0 N–H and O–H groups in total. The first-order valence-corrected chi connectivity index (χ1v) is 10.8. The Morgan fingerprint density at radius 3 is 2.20 bits per heavy atom. The number of sulfonamides is 1. The van der Waals surface area contributed by atoms with Gasteiger partial charge in [-0.1, -0.05) is 18.2 Å². The SMILES string of the molecule is O=C1C[C@H](N2CCN(S(=O)(=O)c3ccccc3)CC2)C(=O)N1c1ccc(F)cc1F. The van der Waals surface area contributed by atoms with Crippen LogP contribution in [-0.2, 0) is 19.6 Å². The second kappa shape index (κ2) is 7.86. The Kier molecular flexibility index (Phi) is 5.39. The topological polar surface area (TPSA) is 78.0 Å². The van der Waals surface area contributed by atoms with Crippen LogP contribution in [-0.4, -0.2) is 61.7 Å². The Hall–Kier alpha value is -2.69. The summed E-state index contributed by atoms with van der Waals surface area (Å²) in [6.45, 7) is 0.852. The lowest BCUT2D eigenvalue weighted by Crippen LogP contribution is -2.53. The molecule has 2 saturated heterocycles. The van der Waals surface area contributed by atoms with Gasteiger partial charge in [0.1, 0.15) is 11.6 Å². The minimum atomic E-state index is -3.64. The molecule has 10 heteroatoms. The van der Waals surface area contributed by atoms with E-state index < -0.39 is 39.5 Å². The largest absolute Gasteiger partial charge is 0.289 e. The standard InChI is InChI=1S/C20H19F2N3O4S/c21-14-6-7-17(16(22)12-14)25-19(26)13-18(20(25)27)23-8-10-24(11-9-23)30(28,29)15-4-2-1-3-5-15/h1-7,12,18H,8-11,13H2/t18-/m0/s1. The zero-order chi connectivity index (χ0) is 21.5. The number of amides is 2. The van der Waals surface area contributed by atoms with Crippen LogP contribution < -0.4 is 4.90 Å². The van der Waals surface area contributed by atoms with Gasteiger partial charge in [-0.2, -0.15) is 4.31 Å². The van der Waals surface area contributed by atoms with Gasteiger partial charge in [-0.15, -0.1) is 0 Å². The number of carbonyl (C=O) groups is 2. The van der Waals surface area contributed by atoms with Crippen LogP contribution in [0, 0.1) is 11.6 Å². The molecule has 2 aromatic rings. The number of halogens is 2. The number of imide groups is 1. The van der Waals surface area contributed by atoms with E-state index in [0.717, 1.165) is 17.0 Å². The van der Waals surface area contributed by atoms with Gasteiger partial charge in [0.2, 0.25) is 15.9 Å². The van der Waals surface area contributed by atoms with E-state index in [1.54, 1.807) is 23.1 Å². The summed E-state index contributed by atoms with van der Waals surface area (Å²) < 4.78 is 54.1. The minimum absolute atomic E-state index is 0.138. The van der Waals surface area contributed by atoms with E-state index in [-0.39, 0.29) is 43.2 Å². The van der Waals surface area contributed by atoms with Gasteiger partial charge in [0.05, 0.1) is 23.0 Å². The van der Waals surface area contributed by atoms with Crippen molar-refractivity contribution in [1.82, 2.24) is 9.21 Å². The number of benzene rings is 2. The molecule has 158 valence electrons. The van der Waals surface area contributed by atoms with Crippen molar-refractivity contribution in [1.29, 1.82) is 0 Å². The third-order valence-corrected chi connectivity index (χ3v) is 7.28. The van der Waals surface area contributed by atoms with Gasteiger partial charge in [-0.05, 0) is 24.3 Å². The summed E-state index contributed by atoms with van der Waals surface area (Å²) in [5.41, 5.74) is -0.279. The molecule has 1 atom stereocenters. The maximum atomic E-state index is 14.1. The molecule has 0 spiro atoms. The lowest BCUT2D eigenvalue weighted by atomic mass is 10.2. The highest BCUT2D eigenvalue weighted by molar-refractivity contribution is 7.89. The molecule has 0 bridgehead atoms. The van der Waals surface area contributed by atoms with E-state index in [1.807, 2.05) is 0 Å². The normalized spacial score (nSPS) is 21.4. The summed E-state index contributed by atoms with van der Waals surface area (Å²) in [7, 11) is -3.64. The van der Waals surface area contributed by atoms with Gasteiger partial charge in [-0.25, -0.2) is 22.1 Å². The molecular formula is C20H19F2N3O4S. The Balaban J connectivity index is 1.47. The number of nitrogens with zero attached hydrogens (tertiary/aromatic N) is 3. The van der Waals surface area contributed by atoms with Crippen LogP contribution in [0.2, 0.25) is 0 Å². The molecule has 0 aliphatic carbocycles. The lowest BCUT2D eigenvalue weighted by Gasteiger charge is -2.36. The summed E-state index contributed by atoms with van der Waals surface area (Å²) in [5, 5.41) is 0. The molecule has 0 aromatic heterocycles. The Labute approximate surface area is 172 Å². The predicted molar refractivity (Wildman–Crippen MR) is 104 cm³/mol. The monoisotopic (exact) mass is 435 g/mol. The molecule has 2 aliphatic rings. The van der Waals surface area contributed by atoms with Crippen molar-refractivity contribution in [2.24, 2.45) is 0 Å². The van der Waals surface area contributed by atoms with Crippen LogP contribution in [0.5, 0.6) is 0 Å². The first-order chi connectivity index (χ1) is 14.3.